The van der Waals surface area contributed by atoms with Crippen molar-refractivity contribution in [1.29, 1.82) is 0 Å². The van der Waals surface area contributed by atoms with Gasteiger partial charge in [0.2, 0.25) is 10.0 Å². The monoisotopic (exact) mass is 497 g/mol. The van der Waals surface area contributed by atoms with Gasteiger partial charge in [-0.1, -0.05) is 24.3 Å². The van der Waals surface area contributed by atoms with Gasteiger partial charge in [-0.25, -0.2) is 13.2 Å². The van der Waals surface area contributed by atoms with Gasteiger partial charge < -0.3 is 5.11 Å². The summed E-state index contributed by atoms with van der Waals surface area (Å²) in [5.74, 6) is -2.22. The van der Waals surface area contributed by atoms with E-state index < -0.39 is 26.9 Å². The van der Waals surface area contributed by atoms with Crippen LogP contribution in [0.1, 0.15) is 36.9 Å². The Morgan fingerprint density at radius 2 is 1.71 bits per heavy atom. The number of nitrogens with zero attached hydrogens (tertiary/aromatic N) is 3. The second-order valence-electron chi connectivity index (χ2n) is 8.89. The molecular weight excluding hydrogens is 471 g/mol. The number of piperidine rings is 1. The number of hydrogen-bond donors (Lipinski definition) is 1. The molecular formula is C23H26F3N3O4S. The maximum absolute atomic E-state index is 13.7. The van der Waals surface area contributed by atoms with Gasteiger partial charge in [0.15, 0.2) is 0 Å². The average molecular weight is 498 g/mol. The molecule has 5 rings (SSSR count). The van der Waals surface area contributed by atoms with Gasteiger partial charge in [0.05, 0.1) is 11.4 Å². The highest BCUT2D eigenvalue weighted by Crippen LogP contribution is 2.53. The molecule has 2 fully saturated rings. The Labute approximate surface area is 196 Å². The molecule has 3 heterocycles. The summed E-state index contributed by atoms with van der Waals surface area (Å²) in [5.41, 5.74) is 2.98. The van der Waals surface area contributed by atoms with Crippen molar-refractivity contribution in [3.63, 3.8) is 0 Å². The highest BCUT2D eigenvalue weighted by Gasteiger charge is 2.57. The number of carboxylic acid groups (broad SMARTS) is 1. The van der Waals surface area contributed by atoms with E-state index in [-0.39, 0.29) is 0 Å². The lowest BCUT2D eigenvalue weighted by atomic mass is 9.87. The van der Waals surface area contributed by atoms with Gasteiger partial charge in [-0.2, -0.15) is 13.2 Å². The zero-order valence-corrected chi connectivity index (χ0v) is 19.2. The summed E-state index contributed by atoms with van der Waals surface area (Å²) in [7, 11) is -3.37. The van der Waals surface area contributed by atoms with Gasteiger partial charge in [0.25, 0.3) is 0 Å². The van der Waals surface area contributed by atoms with Gasteiger partial charge in [-0.3, -0.25) is 14.2 Å². The first-order chi connectivity index (χ1) is 16.0. The molecule has 0 unspecified atom stereocenters. The lowest BCUT2D eigenvalue weighted by Gasteiger charge is -2.39. The molecule has 3 aliphatic rings. The van der Waals surface area contributed by atoms with Crippen LogP contribution < -0.4 is 4.31 Å². The highest BCUT2D eigenvalue weighted by atomic mass is 32.2. The number of aliphatic carboxylic acids is 1. The molecule has 2 aromatic rings. The van der Waals surface area contributed by atoms with Crippen molar-refractivity contribution in [2.75, 3.05) is 23.9 Å². The number of halogens is 3. The number of anilines is 1. The Kier molecular flexibility index (Phi) is 6.61. The fraction of sp³-hybridized carbons (Fsp3) is 0.478. The van der Waals surface area contributed by atoms with E-state index in [1.165, 1.54) is 0 Å². The van der Waals surface area contributed by atoms with E-state index in [0.717, 1.165) is 49.4 Å². The Balaban J connectivity index is 0.000000344. The topological polar surface area (TPSA) is 90.8 Å². The van der Waals surface area contributed by atoms with Crippen molar-refractivity contribution in [2.24, 2.45) is 5.92 Å². The number of hydrogen-bond acceptors (Lipinski definition) is 5. The SMILES string of the molecule is O=C(O)C(F)(F)F.O=S1(=O)N(CC2CC2)c2ccccc2C12CCN(Cc1ccccn1)CC2. The lowest BCUT2D eigenvalue weighted by Crippen LogP contribution is -2.48. The largest absolute Gasteiger partial charge is 0.490 e. The zero-order valence-electron chi connectivity index (χ0n) is 18.4. The van der Waals surface area contributed by atoms with Crippen LogP contribution in [-0.2, 0) is 26.1 Å². The van der Waals surface area contributed by atoms with Crippen LogP contribution in [0.4, 0.5) is 18.9 Å². The lowest BCUT2D eigenvalue weighted by molar-refractivity contribution is -0.192. The maximum atomic E-state index is 13.7. The Hall–Kier alpha value is -2.66. The number of pyridine rings is 1. The first-order valence-corrected chi connectivity index (χ1v) is 12.5. The van der Waals surface area contributed by atoms with Gasteiger partial charge in [0.1, 0.15) is 4.75 Å². The molecule has 11 heteroatoms. The minimum absolute atomic E-state index is 0.534. The van der Waals surface area contributed by atoms with E-state index in [2.05, 4.69) is 9.88 Å². The summed E-state index contributed by atoms with van der Waals surface area (Å²) in [6.45, 7) is 2.99. The van der Waals surface area contributed by atoms with E-state index >= 15 is 0 Å². The average Bonchev–Trinajstić information content (AvgIpc) is 3.60. The fourth-order valence-electron chi connectivity index (χ4n) is 4.61. The van der Waals surface area contributed by atoms with E-state index in [1.807, 2.05) is 48.7 Å². The van der Waals surface area contributed by atoms with E-state index in [1.54, 1.807) is 4.31 Å². The van der Waals surface area contributed by atoms with Crippen LogP contribution in [0.15, 0.2) is 48.7 Å². The first-order valence-electron chi connectivity index (χ1n) is 11.1. The predicted molar refractivity (Wildman–Crippen MR) is 120 cm³/mol. The minimum atomic E-state index is -5.08. The third-order valence-corrected chi connectivity index (χ3v) is 9.13. The van der Waals surface area contributed by atoms with E-state index in [9.17, 15) is 21.6 Å². The molecule has 1 saturated carbocycles. The first kappa shape index (κ1) is 24.5. The van der Waals surface area contributed by atoms with Crippen molar-refractivity contribution in [2.45, 2.75) is 43.2 Å². The normalized spacial score (nSPS) is 21.0. The Morgan fingerprint density at radius 1 is 1.09 bits per heavy atom. The van der Waals surface area contributed by atoms with Gasteiger partial charge >= 0.3 is 12.1 Å². The van der Waals surface area contributed by atoms with Gasteiger partial charge in [0, 0.05) is 32.4 Å². The molecule has 1 aromatic heterocycles. The van der Waals surface area contributed by atoms with Gasteiger partial charge in [-0.15, -0.1) is 0 Å². The summed E-state index contributed by atoms with van der Waals surface area (Å²) in [6, 6.07) is 13.9. The molecule has 0 bridgehead atoms. The second-order valence-corrected chi connectivity index (χ2v) is 11.1. The molecule has 7 nitrogen and oxygen atoms in total. The van der Waals surface area contributed by atoms with Crippen LogP contribution in [-0.4, -0.2) is 55.2 Å². The Bertz CT molecular complexity index is 1130. The molecule has 1 aromatic carbocycles. The summed E-state index contributed by atoms with van der Waals surface area (Å²) < 4.78 is 60.0. The molecule has 1 spiro atoms. The Morgan fingerprint density at radius 3 is 2.26 bits per heavy atom. The number of carboxylic acids is 1. The maximum Gasteiger partial charge on any atom is 0.490 e. The molecule has 1 N–H and O–H groups in total. The van der Waals surface area contributed by atoms with Crippen LogP contribution >= 0.6 is 0 Å². The fourth-order valence-corrected chi connectivity index (χ4v) is 7.00. The third-order valence-electron chi connectivity index (χ3n) is 6.59. The number of benzene rings is 1. The van der Waals surface area contributed by atoms with Crippen LogP contribution in [0.2, 0.25) is 0 Å². The van der Waals surface area contributed by atoms with Crippen LogP contribution in [0.25, 0.3) is 0 Å². The smallest absolute Gasteiger partial charge is 0.475 e. The molecule has 34 heavy (non-hydrogen) atoms. The number of likely N-dealkylation sites (tertiary alicyclic amines) is 1. The standard InChI is InChI=1S/C21H25N3O2S.C2HF3O2/c25-27(26)21(10-13-23(14-11-21)16-18-5-3-4-12-22-18)19-6-1-2-7-20(19)24(27)15-17-8-9-17;3-2(4,5)1(6)7/h1-7,12,17H,8-11,13-16H2;(H,6,7). The number of alkyl halides is 3. The van der Waals surface area contributed by atoms with Crippen LogP contribution in [0, 0.1) is 5.92 Å². The van der Waals surface area contributed by atoms with Crippen molar-refractivity contribution >= 4 is 21.7 Å². The third kappa shape index (κ3) is 4.76. The molecule has 0 atom stereocenters. The summed E-state index contributed by atoms with van der Waals surface area (Å²) in [5, 5.41) is 7.12. The summed E-state index contributed by atoms with van der Waals surface area (Å²) in [4.78, 5) is 15.6. The zero-order chi connectivity index (χ0) is 24.6. The quantitative estimate of drug-likeness (QED) is 0.692. The molecule has 0 amide bonds. The molecule has 184 valence electrons. The van der Waals surface area contributed by atoms with Crippen molar-refractivity contribution in [3.05, 3.63) is 59.9 Å². The molecule has 2 aliphatic heterocycles. The molecule has 0 radical (unpaired) electrons. The number of carbonyl (C=O) groups is 1. The summed E-state index contributed by atoms with van der Waals surface area (Å²) in [6.07, 6.45) is 0.340. The predicted octanol–water partition coefficient (Wildman–Crippen LogP) is 3.77. The number of fused-ring (bicyclic) bond motifs is 2. The van der Waals surface area contributed by atoms with Crippen molar-refractivity contribution in [1.82, 2.24) is 9.88 Å². The molecule has 1 saturated heterocycles. The minimum Gasteiger partial charge on any atom is -0.475 e. The van der Waals surface area contributed by atoms with Crippen LogP contribution in [0.5, 0.6) is 0 Å². The van der Waals surface area contributed by atoms with E-state index in [0.29, 0.717) is 25.3 Å². The number of sulfonamides is 1. The summed E-state index contributed by atoms with van der Waals surface area (Å²) >= 11 is 0. The van der Waals surface area contributed by atoms with Crippen molar-refractivity contribution < 1.29 is 31.5 Å². The second kappa shape index (κ2) is 9.18. The van der Waals surface area contributed by atoms with E-state index in [4.69, 9.17) is 9.90 Å². The number of rotatable bonds is 4. The number of aromatic nitrogens is 1. The van der Waals surface area contributed by atoms with Crippen molar-refractivity contribution in [3.8, 4) is 0 Å². The van der Waals surface area contributed by atoms with Gasteiger partial charge in [-0.05, 0) is 55.4 Å². The highest BCUT2D eigenvalue weighted by molar-refractivity contribution is 7.94. The molecule has 1 aliphatic carbocycles. The number of para-hydroxylation sites is 1. The van der Waals surface area contributed by atoms with Crippen LogP contribution in [0.3, 0.4) is 0 Å².